The van der Waals surface area contributed by atoms with Gasteiger partial charge in [0.15, 0.2) is 23.0 Å². The molecule has 2 aliphatic heterocycles. The van der Waals surface area contributed by atoms with Crippen molar-refractivity contribution in [1.29, 1.82) is 0 Å². The van der Waals surface area contributed by atoms with E-state index in [1.165, 1.54) is 0 Å². The summed E-state index contributed by atoms with van der Waals surface area (Å²) in [4.78, 5) is 14.9. The molecule has 2 aliphatic rings. The predicted molar refractivity (Wildman–Crippen MR) is 116 cm³/mol. The maximum Gasteiger partial charge on any atom is 0.247 e. The van der Waals surface area contributed by atoms with Crippen LogP contribution >= 0.6 is 0 Å². The van der Waals surface area contributed by atoms with Crippen molar-refractivity contribution in [2.45, 2.75) is 18.9 Å². The number of likely N-dealkylation sites (tertiary alicyclic amines) is 1. The number of carbonyl (C=O) groups excluding carboxylic acids is 1. The highest BCUT2D eigenvalue weighted by Gasteiger charge is 2.29. The number of nitrogens with zero attached hydrogens (tertiary/aromatic N) is 1. The first-order chi connectivity index (χ1) is 15.1. The van der Waals surface area contributed by atoms with Crippen LogP contribution in [0.4, 0.5) is 0 Å². The Balaban J connectivity index is 1.53. The minimum atomic E-state index is -0.0360. The number of ether oxygens (including phenoxy) is 5. The molecule has 0 aromatic heterocycles. The van der Waals surface area contributed by atoms with E-state index in [2.05, 4.69) is 0 Å². The van der Waals surface area contributed by atoms with Gasteiger partial charge < -0.3 is 28.6 Å². The molecule has 0 bridgehead atoms. The second kappa shape index (κ2) is 9.20. The van der Waals surface area contributed by atoms with Gasteiger partial charge >= 0.3 is 0 Å². The van der Waals surface area contributed by atoms with Crippen LogP contribution in [0.15, 0.2) is 36.4 Å². The Hall–Kier alpha value is -3.35. The normalized spacial score (nSPS) is 17.6. The Morgan fingerprint density at radius 2 is 1.71 bits per heavy atom. The second-order valence-electron chi connectivity index (χ2n) is 7.38. The third kappa shape index (κ3) is 4.26. The van der Waals surface area contributed by atoms with Gasteiger partial charge in [0.1, 0.15) is 13.2 Å². The van der Waals surface area contributed by atoms with Crippen LogP contribution in [-0.2, 0) is 4.79 Å². The zero-order valence-corrected chi connectivity index (χ0v) is 18.1. The number of hydrogen-bond donors (Lipinski definition) is 0. The van der Waals surface area contributed by atoms with Crippen molar-refractivity contribution in [2.75, 3.05) is 41.1 Å². The SMILES string of the molecule is COc1cc(/C=C/C(=O)N2CCCC2c2ccc3c(c2)OCCO3)cc(OC)c1OC. The smallest absolute Gasteiger partial charge is 0.247 e. The molecule has 0 aliphatic carbocycles. The standard InChI is InChI=1S/C24H27NO6/c1-27-21-13-16(14-22(28-2)24(21)29-3)6-9-23(26)25-10-4-5-18(25)17-7-8-19-20(15-17)31-12-11-30-19/h6-9,13-15,18H,4-5,10-12H2,1-3H3/b9-6+. The average Bonchev–Trinajstić information content (AvgIpc) is 3.31. The molecule has 164 valence electrons. The molecule has 1 amide bonds. The van der Waals surface area contributed by atoms with Gasteiger partial charge in [-0.25, -0.2) is 0 Å². The van der Waals surface area contributed by atoms with Gasteiger partial charge in [-0.2, -0.15) is 0 Å². The molecule has 1 fully saturated rings. The van der Waals surface area contributed by atoms with Crippen LogP contribution in [0.3, 0.4) is 0 Å². The van der Waals surface area contributed by atoms with Gasteiger partial charge in [-0.3, -0.25) is 4.79 Å². The predicted octanol–water partition coefficient (Wildman–Crippen LogP) is 3.86. The van der Waals surface area contributed by atoms with Crippen LogP contribution in [0.1, 0.15) is 30.0 Å². The molecule has 2 aromatic rings. The highest BCUT2D eigenvalue weighted by Crippen LogP contribution is 2.40. The average molecular weight is 425 g/mol. The number of hydrogen-bond acceptors (Lipinski definition) is 6. The quantitative estimate of drug-likeness (QED) is 0.655. The van der Waals surface area contributed by atoms with Crippen molar-refractivity contribution in [3.8, 4) is 28.7 Å². The Bertz CT molecular complexity index is 961. The summed E-state index contributed by atoms with van der Waals surface area (Å²) in [5, 5.41) is 0. The van der Waals surface area contributed by atoms with Crippen molar-refractivity contribution in [3.63, 3.8) is 0 Å². The fourth-order valence-corrected chi connectivity index (χ4v) is 4.11. The maximum absolute atomic E-state index is 13.0. The maximum atomic E-state index is 13.0. The van der Waals surface area contributed by atoms with Crippen molar-refractivity contribution >= 4 is 12.0 Å². The van der Waals surface area contributed by atoms with Crippen molar-refractivity contribution in [1.82, 2.24) is 4.90 Å². The zero-order chi connectivity index (χ0) is 21.8. The first-order valence-corrected chi connectivity index (χ1v) is 10.3. The van der Waals surface area contributed by atoms with E-state index in [9.17, 15) is 4.79 Å². The van der Waals surface area contributed by atoms with E-state index < -0.39 is 0 Å². The number of methoxy groups -OCH3 is 3. The van der Waals surface area contributed by atoms with Gasteiger partial charge in [0.05, 0.1) is 27.4 Å². The fraction of sp³-hybridized carbons (Fsp3) is 0.375. The summed E-state index contributed by atoms with van der Waals surface area (Å²) in [5.41, 5.74) is 1.86. The molecule has 4 rings (SSSR count). The summed E-state index contributed by atoms with van der Waals surface area (Å²) in [6.45, 7) is 1.82. The number of carbonyl (C=O) groups is 1. The van der Waals surface area contributed by atoms with Crippen molar-refractivity contribution < 1.29 is 28.5 Å². The van der Waals surface area contributed by atoms with E-state index in [4.69, 9.17) is 23.7 Å². The van der Waals surface area contributed by atoms with E-state index in [0.717, 1.165) is 42.0 Å². The van der Waals surface area contributed by atoms with Crippen LogP contribution in [0.5, 0.6) is 28.7 Å². The third-order valence-corrected chi connectivity index (χ3v) is 5.59. The van der Waals surface area contributed by atoms with Gasteiger partial charge in [0, 0.05) is 12.6 Å². The van der Waals surface area contributed by atoms with E-state index >= 15 is 0 Å². The number of benzene rings is 2. The molecular formula is C24H27NO6. The van der Waals surface area contributed by atoms with Gasteiger partial charge in [0.2, 0.25) is 11.7 Å². The van der Waals surface area contributed by atoms with Gasteiger partial charge in [-0.1, -0.05) is 6.07 Å². The molecule has 0 saturated carbocycles. The lowest BCUT2D eigenvalue weighted by molar-refractivity contribution is -0.126. The van der Waals surface area contributed by atoms with Crippen LogP contribution < -0.4 is 23.7 Å². The molecule has 0 radical (unpaired) electrons. The van der Waals surface area contributed by atoms with Crippen LogP contribution in [0, 0.1) is 0 Å². The van der Waals surface area contributed by atoms with Crippen LogP contribution in [-0.4, -0.2) is 51.9 Å². The van der Waals surface area contributed by atoms with E-state index in [1.807, 2.05) is 35.2 Å². The minimum absolute atomic E-state index is 0.0212. The lowest BCUT2D eigenvalue weighted by Crippen LogP contribution is -2.29. The molecule has 2 aromatic carbocycles. The van der Waals surface area contributed by atoms with Crippen molar-refractivity contribution in [3.05, 3.63) is 47.5 Å². The van der Waals surface area contributed by atoms with Crippen LogP contribution in [0.2, 0.25) is 0 Å². The van der Waals surface area contributed by atoms with E-state index in [0.29, 0.717) is 30.5 Å². The topological polar surface area (TPSA) is 66.5 Å². The highest BCUT2D eigenvalue weighted by molar-refractivity contribution is 5.92. The summed E-state index contributed by atoms with van der Waals surface area (Å²) >= 11 is 0. The van der Waals surface area contributed by atoms with E-state index in [-0.39, 0.29) is 11.9 Å². The van der Waals surface area contributed by atoms with Crippen LogP contribution in [0.25, 0.3) is 6.08 Å². The van der Waals surface area contributed by atoms with E-state index in [1.54, 1.807) is 33.5 Å². The summed E-state index contributed by atoms with van der Waals surface area (Å²) in [6, 6.07) is 9.59. The summed E-state index contributed by atoms with van der Waals surface area (Å²) in [7, 11) is 4.70. The largest absolute Gasteiger partial charge is 0.493 e. The molecule has 1 saturated heterocycles. The fourth-order valence-electron chi connectivity index (χ4n) is 4.11. The Labute approximate surface area is 182 Å². The Morgan fingerprint density at radius 3 is 2.39 bits per heavy atom. The van der Waals surface area contributed by atoms with Gasteiger partial charge in [-0.05, 0) is 54.3 Å². The number of fused-ring (bicyclic) bond motifs is 1. The minimum Gasteiger partial charge on any atom is -0.493 e. The summed E-state index contributed by atoms with van der Waals surface area (Å²) in [5.74, 6) is 3.08. The molecule has 0 N–H and O–H groups in total. The molecule has 1 atom stereocenters. The monoisotopic (exact) mass is 425 g/mol. The first-order valence-electron chi connectivity index (χ1n) is 10.3. The Kier molecular flexibility index (Phi) is 6.21. The number of amides is 1. The highest BCUT2D eigenvalue weighted by atomic mass is 16.6. The molecule has 7 heteroatoms. The van der Waals surface area contributed by atoms with Gasteiger partial charge in [-0.15, -0.1) is 0 Å². The molecule has 2 heterocycles. The molecule has 31 heavy (non-hydrogen) atoms. The zero-order valence-electron chi connectivity index (χ0n) is 18.1. The Morgan fingerprint density at radius 1 is 1.00 bits per heavy atom. The summed E-state index contributed by atoms with van der Waals surface area (Å²) in [6.07, 6.45) is 5.25. The molecule has 0 spiro atoms. The second-order valence-corrected chi connectivity index (χ2v) is 7.38. The lowest BCUT2D eigenvalue weighted by Gasteiger charge is -2.26. The number of rotatable bonds is 6. The van der Waals surface area contributed by atoms with Crippen molar-refractivity contribution in [2.24, 2.45) is 0 Å². The van der Waals surface area contributed by atoms with Gasteiger partial charge in [0.25, 0.3) is 0 Å². The molecule has 1 unspecified atom stereocenters. The third-order valence-electron chi connectivity index (χ3n) is 5.59. The molecular weight excluding hydrogens is 398 g/mol. The summed E-state index contributed by atoms with van der Waals surface area (Å²) < 4.78 is 27.5. The molecule has 7 nitrogen and oxygen atoms in total. The lowest BCUT2D eigenvalue weighted by atomic mass is 10.0. The first kappa shape index (κ1) is 20.9.